The smallest absolute Gasteiger partial charge is 0.146 e. The van der Waals surface area contributed by atoms with Crippen LogP contribution in [0.15, 0.2) is 18.2 Å². The average molecular weight is 298 g/mol. The predicted molar refractivity (Wildman–Crippen MR) is 72.1 cm³/mol. The van der Waals surface area contributed by atoms with Crippen molar-refractivity contribution in [3.8, 4) is 0 Å². The quantitative estimate of drug-likeness (QED) is 0.740. The van der Waals surface area contributed by atoms with Crippen LogP contribution in [0.5, 0.6) is 0 Å². The van der Waals surface area contributed by atoms with Crippen molar-refractivity contribution in [2.75, 3.05) is 11.4 Å². The number of rotatable bonds is 5. The molecular formula is C14H17BrFN. The number of hydrogen-bond donors (Lipinski definition) is 0. The van der Waals surface area contributed by atoms with Gasteiger partial charge in [-0.05, 0) is 43.2 Å². The van der Waals surface area contributed by atoms with Gasteiger partial charge in [0.05, 0.1) is 5.69 Å². The Morgan fingerprint density at radius 2 is 2.00 bits per heavy atom. The molecule has 2 aliphatic carbocycles. The van der Waals surface area contributed by atoms with Gasteiger partial charge in [0, 0.05) is 17.9 Å². The first-order valence-corrected chi connectivity index (χ1v) is 7.51. The molecule has 1 aromatic rings. The second-order valence-electron chi connectivity index (χ2n) is 5.21. The predicted octanol–water partition coefficient (Wildman–Crippen LogP) is 4.10. The Bertz CT molecular complexity index is 413. The number of para-hydroxylation sites is 1. The fourth-order valence-corrected chi connectivity index (χ4v) is 2.83. The lowest BCUT2D eigenvalue weighted by atomic mass is 10.1. The Hall–Kier alpha value is -0.570. The molecule has 0 amide bonds. The molecule has 0 saturated heterocycles. The molecule has 92 valence electrons. The summed E-state index contributed by atoms with van der Waals surface area (Å²) in [7, 11) is 0. The Labute approximate surface area is 110 Å². The Morgan fingerprint density at radius 1 is 1.24 bits per heavy atom. The molecule has 0 bridgehead atoms. The van der Waals surface area contributed by atoms with Crippen LogP contribution in [0, 0.1) is 11.7 Å². The molecule has 3 heteroatoms. The molecule has 17 heavy (non-hydrogen) atoms. The van der Waals surface area contributed by atoms with Crippen molar-refractivity contribution in [2.24, 2.45) is 5.92 Å². The molecule has 0 N–H and O–H groups in total. The Morgan fingerprint density at radius 3 is 2.59 bits per heavy atom. The highest BCUT2D eigenvalue weighted by Crippen LogP contribution is 2.40. The van der Waals surface area contributed by atoms with Gasteiger partial charge in [-0.1, -0.05) is 28.1 Å². The molecule has 2 saturated carbocycles. The first kappa shape index (κ1) is 11.5. The van der Waals surface area contributed by atoms with Crippen LogP contribution in [-0.4, -0.2) is 12.6 Å². The van der Waals surface area contributed by atoms with Gasteiger partial charge in [0.2, 0.25) is 0 Å². The lowest BCUT2D eigenvalue weighted by Gasteiger charge is -2.27. The number of halogens is 2. The maximum atomic E-state index is 14.1. The summed E-state index contributed by atoms with van der Waals surface area (Å²) in [5, 5.41) is 0.730. The number of nitrogens with zero attached hydrogens (tertiary/aromatic N) is 1. The van der Waals surface area contributed by atoms with Gasteiger partial charge in [-0.15, -0.1) is 0 Å². The number of alkyl halides is 1. The van der Waals surface area contributed by atoms with Gasteiger partial charge in [-0.25, -0.2) is 4.39 Å². The van der Waals surface area contributed by atoms with E-state index in [1.807, 2.05) is 6.07 Å². The zero-order valence-electron chi connectivity index (χ0n) is 9.83. The molecule has 0 unspecified atom stereocenters. The Kier molecular flexibility index (Phi) is 3.12. The summed E-state index contributed by atoms with van der Waals surface area (Å²) < 4.78 is 14.1. The van der Waals surface area contributed by atoms with Gasteiger partial charge in [0.25, 0.3) is 0 Å². The van der Waals surface area contributed by atoms with E-state index in [9.17, 15) is 4.39 Å². The van der Waals surface area contributed by atoms with Crippen molar-refractivity contribution in [2.45, 2.75) is 37.1 Å². The highest BCUT2D eigenvalue weighted by Gasteiger charge is 2.35. The van der Waals surface area contributed by atoms with E-state index < -0.39 is 0 Å². The van der Waals surface area contributed by atoms with E-state index in [0.29, 0.717) is 6.04 Å². The molecule has 1 aromatic carbocycles. The van der Waals surface area contributed by atoms with E-state index in [-0.39, 0.29) is 5.82 Å². The SMILES string of the molecule is Fc1cccc(CBr)c1N(CC1CC1)C1CC1. The van der Waals surface area contributed by atoms with E-state index in [4.69, 9.17) is 0 Å². The molecular weight excluding hydrogens is 281 g/mol. The minimum Gasteiger partial charge on any atom is -0.366 e. The van der Waals surface area contributed by atoms with Crippen LogP contribution in [0.2, 0.25) is 0 Å². The summed E-state index contributed by atoms with van der Waals surface area (Å²) in [6, 6.07) is 6.00. The zero-order valence-corrected chi connectivity index (χ0v) is 11.4. The average Bonchev–Trinajstić information content (AvgIpc) is 3.17. The Balaban J connectivity index is 1.92. The first-order chi connectivity index (χ1) is 8.29. The van der Waals surface area contributed by atoms with Gasteiger partial charge in [0.15, 0.2) is 0 Å². The first-order valence-electron chi connectivity index (χ1n) is 6.39. The van der Waals surface area contributed by atoms with Crippen molar-refractivity contribution in [1.82, 2.24) is 0 Å². The molecule has 0 atom stereocenters. The summed E-state index contributed by atoms with van der Waals surface area (Å²) in [6.45, 7) is 1.05. The van der Waals surface area contributed by atoms with Gasteiger partial charge in [-0.3, -0.25) is 0 Å². The minimum atomic E-state index is -0.0606. The second kappa shape index (κ2) is 4.60. The van der Waals surface area contributed by atoms with E-state index >= 15 is 0 Å². The van der Waals surface area contributed by atoms with Crippen molar-refractivity contribution in [1.29, 1.82) is 0 Å². The molecule has 0 heterocycles. The maximum absolute atomic E-state index is 14.1. The molecule has 0 spiro atoms. The standard InChI is InChI=1S/C14H17BrFN/c15-8-11-2-1-3-13(16)14(11)17(12-6-7-12)9-10-4-5-10/h1-3,10,12H,4-9H2. The van der Waals surface area contributed by atoms with Gasteiger partial charge in [-0.2, -0.15) is 0 Å². The summed E-state index contributed by atoms with van der Waals surface area (Å²) in [5.74, 6) is 0.743. The van der Waals surface area contributed by atoms with Crippen molar-refractivity contribution in [3.63, 3.8) is 0 Å². The number of anilines is 1. The summed E-state index contributed by atoms with van der Waals surface area (Å²) >= 11 is 3.47. The number of benzene rings is 1. The molecule has 2 fully saturated rings. The second-order valence-corrected chi connectivity index (χ2v) is 5.77. The summed E-state index contributed by atoms with van der Waals surface area (Å²) in [5.41, 5.74) is 1.93. The largest absolute Gasteiger partial charge is 0.366 e. The van der Waals surface area contributed by atoms with E-state index in [1.165, 1.54) is 25.7 Å². The zero-order chi connectivity index (χ0) is 11.8. The van der Waals surface area contributed by atoms with E-state index in [2.05, 4.69) is 20.8 Å². The van der Waals surface area contributed by atoms with Crippen LogP contribution in [0.25, 0.3) is 0 Å². The van der Waals surface area contributed by atoms with Crippen LogP contribution in [0.4, 0.5) is 10.1 Å². The highest BCUT2D eigenvalue weighted by molar-refractivity contribution is 9.08. The topological polar surface area (TPSA) is 3.24 Å². The van der Waals surface area contributed by atoms with E-state index in [0.717, 1.165) is 29.0 Å². The van der Waals surface area contributed by atoms with Crippen LogP contribution >= 0.6 is 15.9 Å². The molecule has 2 aliphatic rings. The molecule has 0 aliphatic heterocycles. The molecule has 3 rings (SSSR count). The van der Waals surface area contributed by atoms with Crippen molar-refractivity contribution >= 4 is 21.6 Å². The third-order valence-electron chi connectivity index (χ3n) is 3.64. The van der Waals surface area contributed by atoms with Crippen molar-refractivity contribution < 1.29 is 4.39 Å². The maximum Gasteiger partial charge on any atom is 0.146 e. The van der Waals surface area contributed by atoms with Crippen LogP contribution in [0.1, 0.15) is 31.2 Å². The third kappa shape index (κ3) is 2.49. The van der Waals surface area contributed by atoms with Gasteiger partial charge < -0.3 is 4.90 Å². The van der Waals surface area contributed by atoms with Crippen LogP contribution in [0.3, 0.4) is 0 Å². The van der Waals surface area contributed by atoms with Crippen molar-refractivity contribution in [3.05, 3.63) is 29.6 Å². The minimum absolute atomic E-state index is 0.0606. The lowest BCUT2D eigenvalue weighted by molar-refractivity contribution is 0.607. The molecule has 0 aromatic heterocycles. The molecule has 1 nitrogen and oxygen atoms in total. The lowest BCUT2D eigenvalue weighted by Crippen LogP contribution is -2.29. The third-order valence-corrected chi connectivity index (χ3v) is 4.25. The fourth-order valence-electron chi connectivity index (χ4n) is 2.38. The van der Waals surface area contributed by atoms with Gasteiger partial charge >= 0.3 is 0 Å². The van der Waals surface area contributed by atoms with Crippen LogP contribution < -0.4 is 4.90 Å². The summed E-state index contributed by atoms with van der Waals surface area (Å²) in [4.78, 5) is 2.32. The van der Waals surface area contributed by atoms with Gasteiger partial charge in [0.1, 0.15) is 5.82 Å². The van der Waals surface area contributed by atoms with Crippen LogP contribution in [-0.2, 0) is 5.33 Å². The summed E-state index contributed by atoms with van der Waals surface area (Å²) in [6.07, 6.45) is 5.09. The monoisotopic (exact) mass is 297 g/mol. The normalized spacial score (nSPS) is 19.4. The highest BCUT2D eigenvalue weighted by atomic mass is 79.9. The number of hydrogen-bond acceptors (Lipinski definition) is 1. The fraction of sp³-hybridized carbons (Fsp3) is 0.571. The molecule has 0 radical (unpaired) electrons. The van der Waals surface area contributed by atoms with E-state index in [1.54, 1.807) is 12.1 Å².